The molecule has 0 amide bonds. The molecule has 0 aliphatic rings. The number of hydrogen-bond donors (Lipinski definition) is 1. The molecule has 11 heteroatoms. The summed E-state index contributed by atoms with van der Waals surface area (Å²) < 4.78 is 7.41. The molecule has 3 rings (SSSR count). The second-order valence-electron chi connectivity index (χ2n) is 4.27. The number of rotatable bonds is 4. The van der Waals surface area contributed by atoms with E-state index in [2.05, 4.69) is 24.9 Å². The monoisotopic (exact) mass is 342 g/mol. The number of nitrogen functional groups attached to an aromatic ring is 1. The van der Waals surface area contributed by atoms with Crippen LogP contribution in [-0.4, -0.2) is 34.2 Å². The Morgan fingerprint density at radius 3 is 2.76 bits per heavy atom. The summed E-state index contributed by atoms with van der Waals surface area (Å²) in [5.74, 6) is 7.03. The summed E-state index contributed by atoms with van der Waals surface area (Å²) in [5, 5.41) is 17.0. The predicted molar refractivity (Wildman–Crippen MR) is 81.2 cm³/mol. The first-order chi connectivity index (χ1) is 10.1. The lowest BCUT2D eigenvalue weighted by molar-refractivity contribution is 0.727. The van der Waals surface area contributed by atoms with Gasteiger partial charge in [-0.1, -0.05) is 27.9 Å². The van der Waals surface area contributed by atoms with Gasteiger partial charge in [0.15, 0.2) is 0 Å². The quantitative estimate of drug-likeness (QED) is 0.567. The maximum atomic E-state index is 6.03. The SMILES string of the molecule is Cc1cc(C)n(-c2nnc(SCc3nnsc3Cl)n2N)n1. The third-order valence-corrected chi connectivity index (χ3v) is 4.63. The van der Waals surface area contributed by atoms with Gasteiger partial charge in [0.05, 0.1) is 5.69 Å². The van der Waals surface area contributed by atoms with E-state index in [-0.39, 0.29) is 0 Å². The fraction of sp³-hybridized carbons (Fsp3) is 0.300. The highest BCUT2D eigenvalue weighted by Crippen LogP contribution is 2.26. The molecule has 110 valence electrons. The molecule has 21 heavy (non-hydrogen) atoms. The molecule has 3 heterocycles. The molecule has 0 saturated heterocycles. The molecule has 0 fully saturated rings. The first kappa shape index (κ1) is 14.3. The minimum absolute atomic E-state index is 0.464. The molecule has 0 spiro atoms. The van der Waals surface area contributed by atoms with Gasteiger partial charge in [-0.15, -0.1) is 15.3 Å². The lowest BCUT2D eigenvalue weighted by Crippen LogP contribution is -2.17. The van der Waals surface area contributed by atoms with Crippen molar-refractivity contribution >= 4 is 34.9 Å². The van der Waals surface area contributed by atoms with Gasteiger partial charge in [0, 0.05) is 23.0 Å². The normalized spacial score (nSPS) is 11.2. The number of nitrogens with two attached hydrogens (primary N) is 1. The summed E-state index contributed by atoms with van der Waals surface area (Å²) in [5.41, 5.74) is 2.54. The van der Waals surface area contributed by atoms with E-state index < -0.39 is 0 Å². The fourth-order valence-corrected chi connectivity index (χ4v) is 3.34. The fourth-order valence-electron chi connectivity index (χ4n) is 1.76. The average molecular weight is 343 g/mol. The van der Waals surface area contributed by atoms with E-state index in [4.69, 9.17) is 17.4 Å². The largest absolute Gasteiger partial charge is 0.334 e. The molecule has 0 aromatic carbocycles. The van der Waals surface area contributed by atoms with E-state index in [1.54, 1.807) is 4.68 Å². The molecule has 0 radical (unpaired) electrons. The zero-order valence-corrected chi connectivity index (χ0v) is 13.6. The molecule has 0 aliphatic heterocycles. The molecule has 3 aromatic rings. The Morgan fingerprint density at radius 1 is 1.33 bits per heavy atom. The number of nitrogens with zero attached hydrogens (tertiary/aromatic N) is 7. The standard InChI is InChI=1S/C10H11ClN8S2/c1-5-3-6(2)19(16-5)9-14-15-10(18(9)12)20-4-7-8(11)21-17-13-7/h3H,4,12H2,1-2H3. The Labute approximate surface area is 133 Å². The average Bonchev–Trinajstić information content (AvgIpc) is 3.09. The van der Waals surface area contributed by atoms with E-state index >= 15 is 0 Å². The van der Waals surface area contributed by atoms with Gasteiger partial charge in [-0.05, 0) is 19.9 Å². The van der Waals surface area contributed by atoms with E-state index in [9.17, 15) is 0 Å². The van der Waals surface area contributed by atoms with Crippen molar-refractivity contribution in [2.75, 3.05) is 5.84 Å². The second kappa shape index (κ2) is 5.62. The Kier molecular flexibility index (Phi) is 3.83. The van der Waals surface area contributed by atoms with E-state index in [0.29, 0.717) is 26.9 Å². The number of halogens is 1. The molecule has 3 aromatic heterocycles. The van der Waals surface area contributed by atoms with Crippen molar-refractivity contribution in [2.24, 2.45) is 0 Å². The summed E-state index contributed by atoms with van der Waals surface area (Å²) in [6, 6.07) is 1.95. The van der Waals surface area contributed by atoms with Crippen LogP contribution in [0.2, 0.25) is 4.34 Å². The number of thioether (sulfide) groups is 1. The number of aryl methyl sites for hydroxylation is 2. The Hall–Kier alpha value is -1.65. The molecule has 0 unspecified atom stereocenters. The van der Waals surface area contributed by atoms with Crippen LogP contribution in [0.5, 0.6) is 0 Å². The highest BCUT2D eigenvalue weighted by Gasteiger charge is 2.16. The number of aromatic nitrogens is 7. The van der Waals surface area contributed by atoms with Crippen LogP contribution in [0.15, 0.2) is 11.2 Å². The highest BCUT2D eigenvalue weighted by molar-refractivity contribution is 7.98. The molecule has 0 atom stereocenters. The second-order valence-corrected chi connectivity index (χ2v) is 6.57. The van der Waals surface area contributed by atoms with Crippen molar-refractivity contribution in [1.29, 1.82) is 0 Å². The van der Waals surface area contributed by atoms with Crippen molar-refractivity contribution < 1.29 is 0 Å². The van der Waals surface area contributed by atoms with Crippen LogP contribution in [0, 0.1) is 13.8 Å². The summed E-state index contributed by atoms with van der Waals surface area (Å²) >= 11 is 8.51. The first-order valence-electron chi connectivity index (χ1n) is 5.90. The van der Waals surface area contributed by atoms with Gasteiger partial charge in [-0.3, -0.25) is 0 Å². The first-order valence-corrected chi connectivity index (χ1v) is 8.03. The zero-order valence-electron chi connectivity index (χ0n) is 11.2. The summed E-state index contributed by atoms with van der Waals surface area (Å²) in [6.45, 7) is 3.84. The van der Waals surface area contributed by atoms with Crippen molar-refractivity contribution in [3.05, 3.63) is 27.5 Å². The summed E-state index contributed by atoms with van der Waals surface area (Å²) in [6.07, 6.45) is 0. The molecule has 0 saturated carbocycles. The van der Waals surface area contributed by atoms with Crippen molar-refractivity contribution in [2.45, 2.75) is 24.8 Å². The van der Waals surface area contributed by atoms with E-state index in [1.807, 2.05) is 19.9 Å². The van der Waals surface area contributed by atoms with Gasteiger partial charge in [0.25, 0.3) is 5.95 Å². The van der Waals surface area contributed by atoms with Crippen LogP contribution in [0.3, 0.4) is 0 Å². The summed E-state index contributed by atoms with van der Waals surface area (Å²) in [4.78, 5) is 0. The minimum Gasteiger partial charge on any atom is -0.334 e. The zero-order chi connectivity index (χ0) is 15.0. The molecular weight excluding hydrogens is 332 g/mol. The van der Waals surface area contributed by atoms with Gasteiger partial charge in [-0.2, -0.15) is 5.10 Å². The minimum atomic E-state index is 0.464. The van der Waals surface area contributed by atoms with Crippen molar-refractivity contribution in [1.82, 2.24) is 34.2 Å². The molecular formula is C10H11ClN8S2. The van der Waals surface area contributed by atoms with Crippen LogP contribution < -0.4 is 5.84 Å². The third kappa shape index (κ3) is 2.74. The Balaban J connectivity index is 1.83. The van der Waals surface area contributed by atoms with Crippen LogP contribution in [-0.2, 0) is 5.75 Å². The van der Waals surface area contributed by atoms with Crippen molar-refractivity contribution in [3.63, 3.8) is 0 Å². The molecule has 8 nitrogen and oxygen atoms in total. The van der Waals surface area contributed by atoms with Crippen LogP contribution in [0.4, 0.5) is 0 Å². The topological polar surface area (TPSA) is 100 Å². The van der Waals surface area contributed by atoms with Gasteiger partial charge in [0.1, 0.15) is 10.0 Å². The number of hydrogen-bond acceptors (Lipinski definition) is 8. The summed E-state index contributed by atoms with van der Waals surface area (Å²) in [7, 11) is 0. The lowest BCUT2D eigenvalue weighted by Gasteiger charge is -2.04. The van der Waals surface area contributed by atoms with Gasteiger partial charge >= 0.3 is 0 Å². The van der Waals surface area contributed by atoms with Gasteiger partial charge < -0.3 is 5.84 Å². The molecule has 0 bridgehead atoms. The van der Waals surface area contributed by atoms with E-state index in [0.717, 1.165) is 22.9 Å². The van der Waals surface area contributed by atoms with Crippen LogP contribution in [0.25, 0.3) is 5.95 Å². The van der Waals surface area contributed by atoms with Gasteiger partial charge in [0.2, 0.25) is 5.16 Å². The molecule has 2 N–H and O–H groups in total. The van der Waals surface area contributed by atoms with Crippen LogP contribution in [0.1, 0.15) is 17.1 Å². The smallest absolute Gasteiger partial charge is 0.271 e. The molecule has 0 aliphatic carbocycles. The lowest BCUT2D eigenvalue weighted by atomic mass is 10.4. The third-order valence-electron chi connectivity index (χ3n) is 2.69. The van der Waals surface area contributed by atoms with E-state index in [1.165, 1.54) is 16.4 Å². The van der Waals surface area contributed by atoms with Crippen molar-refractivity contribution in [3.8, 4) is 5.95 Å². The Bertz CT molecular complexity index is 776. The van der Waals surface area contributed by atoms with Gasteiger partial charge in [-0.25, -0.2) is 9.36 Å². The highest BCUT2D eigenvalue weighted by atomic mass is 35.5. The Morgan fingerprint density at radius 2 is 2.14 bits per heavy atom. The maximum absolute atomic E-state index is 6.03. The predicted octanol–water partition coefficient (Wildman–Crippen LogP) is 1.59. The maximum Gasteiger partial charge on any atom is 0.271 e. The van der Waals surface area contributed by atoms with Crippen LogP contribution >= 0.6 is 34.9 Å².